The molecule has 0 spiro atoms. The van der Waals surface area contributed by atoms with Crippen LogP contribution in [0.5, 0.6) is 0 Å². The number of amides is 2. The molecular weight excluding hydrogens is 507 g/mol. The lowest BCUT2D eigenvalue weighted by molar-refractivity contribution is -0.117. The maximum absolute atomic E-state index is 13.4. The van der Waals surface area contributed by atoms with E-state index < -0.39 is 6.04 Å². The Morgan fingerprint density at radius 2 is 1.65 bits per heavy atom. The Balaban J connectivity index is 1.47. The number of aromatic nitrogens is 3. The second kappa shape index (κ2) is 11.5. The third-order valence-corrected chi connectivity index (χ3v) is 6.77. The summed E-state index contributed by atoms with van der Waals surface area (Å²) in [5.41, 5.74) is 3.58. The molecular formula is C31H29FN6O2. The van der Waals surface area contributed by atoms with Gasteiger partial charge in [0.25, 0.3) is 5.91 Å². The number of H-pyrrole nitrogens is 1. The number of hydrogen-bond acceptors (Lipinski definition) is 5. The van der Waals surface area contributed by atoms with Crippen LogP contribution in [0.4, 0.5) is 10.1 Å². The fraction of sp³-hybridized carbons (Fsp3) is 0.161. The zero-order valence-corrected chi connectivity index (χ0v) is 22.3. The number of hydrogen-bond donors (Lipinski definition) is 4. The van der Waals surface area contributed by atoms with E-state index in [1.807, 2.05) is 37.3 Å². The van der Waals surface area contributed by atoms with Crippen molar-refractivity contribution in [2.24, 2.45) is 0 Å². The molecule has 9 heteroatoms. The fourth-order valence-corrected chi connectivity index (χ4v) is 4.29. The van der Waals surface area contributed by atoms with E-state index in [4.69, 9.17) is 0 Å². The van der Waals surface area contributed by atoms with E-state index >= 15 is 0 Å². The number of rotatable bonds is 8. The molecule has 0 saturated heterocycles. The molecule has 3 aromatic carbocycles. The monoisotopic (exact) mass is 536 g/mol. The van der Waals surface area contributed by atoms with Crippen molar-refractivity contribution >= 4 is 28.3 Å². The first-order chi connectivity index (χ1) is 19.3. The van der Waals surface area contributed by atoms with Gasteiger partial charge in [0.05, 0.1) is 24.0 Å². The SMILES string of the molecule is CN[C@H](C)C(=O)Nc1cc(C(=O)N[C@H](C)c2ccc(F)cc2)cc(-c2cnc(-c3cc4ccccc4cn3)[nH]2)c1. The number of aromatic amines is 1. The Bertz CT molecular complexity index is 1680. The number of fused-ring (bicyclic) bond motifs is 1. The molecule has 202 valence electrons. The van der Waals surface area contributed by atoms with Gasteiger partial charge in [-0.2, -0.15) is 0 Å². The number of pyridine rings is 1. The molecule has 8 nitrogen and oxygen atoms in total. The van der Waals surface area contributed by atoms with Crippen LogP contribution in [0.15, 0.2) is 85.2 Å². The van der Waals surface area contributed by atoms with Crippen molar-refractivity contribution in [3.63, 3.8) is 0 Å². The van der Waals surface area contributed by atoms with Crippen molar-refractivity contribution in [3.05, 3.63) is 102 Å². The highest BCUT2D eigenvalue weighted by Gasteiger charge is 2.17. The molecule has 0 radical (unpaired) electrons. The standard InChI is InChI=1S/C31H29FN6O2/c1-18(20-8-10-25(32)11-9-20)36-31(40)24-12-23(13-26(14-24)37-30(39)19(2)33-3)28-17-35-29(38-28)27-15-21-6-4-5-7-22(21)16-34-27/h4-19,33H,1-3H3,(H,35,38)(H,36,40)(H,37,39)/t18-,19-/m1/s1. The van der Waals surface area contributed by atoms with E-state index in [0.29, 0.717) is 34.0 Å². The minimum atomic E-state index is -0.433. The quantitative estimate of drug-likeness (QED) is 0.210. The maximum Gasteiger partial charge on any atom is 0.251 e. The summed E-state index contributed by atoms with van der Waals surface area (Å²) in [6.45, 7) is 3.57. The molecule has 5 rings (SSSR count). The maximum atomic E-state index is 13.4. The van der Waals surface area contributed by atoms with Gasteiger partial charge >= 0.3 is 0 Å². The molecule has 0 aliphatic carbocycles. The smallest absolute Gasteiger partial charge is 0.251 e. The third-order valence-electron chi connectivity index (χ3n) is 6.77. The number of nitrogens with one attached hydrogen (secondary N) is 4. The largest absolute Gasteiger partial charge is 0.346 e. The summed E-state index contributed by atoms with van der Waals surface area (Å²) < 4.78 is 13.4. The zero-order valence-electron chi connectivity index (χ0n) is 22.3. The van der Waals surface area contributed by atoms with Crippen LogP contribution in [-0.2, 0) is 4.79 Å². The Labute approximate surface area is 231 Å². The Kier molecular flexibility index (Phi) is 7.65. The summed E-state index contributed by atoms with van der Waals surface area (Å²) in [5, 5.41) is 10.8. The normalized spacial score (nSPS) is 12.6. The lowest BCUT2D eigenvalue weighted by atomic mass is 10.0. The van der Waals surface area contributed by atoms with Crippen LogP contribution in [0, 0.1) is 5.82 Å². The van der Waals surface area contributed by atoms with Crippen LogP contribution in [0.1, 0.15) is 35.8 Å². The first-order valence-electron chi connectivity index (χ1n) is 12.9. The summed E-state index contributed by atoms with van der Waals surface area (Å²) in [6.07, 6.45) is 3.48. The van der Waals surface area contributed by atoms with Crippen LogP contribution >= 0.6 is 0 Å². The van der Waals surface area contributed by atoms with Gasteiger partial charge in [-0.25, -0.2) is 9.37 Å². The van der Waals surface area contributed by atoms with Crippen molar-refractivity contribution in [1.82, 2.24) is 25.6 Å². The predicted molar refractivity (Wildman–Crippen MR) is 154 cm³/mol. The Morgan fingerprint density at radius 3 is 2.40 bits per heavy atom. The predicted octanol–water partition coefficient (Wildman–Crippen LogP) is 5.47. The lowest BCUT2D eigenvalue weighted by Gasteiger charge is -2.16. The molecule has 0 fully saturated rings. The second-order valence-electron chi connectivity index (χ2n) is 9.61. The van der Waals surface area contributed by atoms with Crippen molar-refractivity contribution in [3.8, 4) is 22.8 Å². The molecule has 2 amide bonds. The van der Waals surface area contributed by atoms with E-state index in [0.717, 1.165) is 16.3 Å². The minimum Gasteiger partial charge on any atom is -0.346 e. The van der Waals surface area contributed by atoms with Gasteiger partial charge in [-0.3, -0.25) is 14.6 Å². The highest BCUT2D eigenvalue weighted by atomic mass is 19.1. The molecule has 5 aromatic rings. The van der Waals surface area contributed by atoms with E-state index in [1.165, 1.54) is 12.1 Å². The van der Waals surface area contributed by atoms with Gasteiger partial charge in [0.15, 0.2) is 5.82 Å². The number of likely N-dealkylation sites (N-methyl/N-ethyl adjacent to an activating group) is 1. The summed E-state index contributed by atoms with van der Waals surface area (Å²) in [6, 6.07) is 20.2. The number of carbonyl (C=O) groups is 2. The summed E-state index contributed by atoms with van der Waals surface area (Å²) in [5.74, 6) is -0.345. The van der Waals surface area contributed by atoms with Gasteiger partial charge in [-0.15, -0.1) is 0 Å². The van der Waals surface area contributed by atoms with Gasteiger partial charge in [0.2, 0.25) is 5.91 Å². The molecule has 2 atom stereocenters. The first-order valence-corrected chi connectivity index (χ1v) is 12.9. The molecule has 0 aliphatic heterocycles. The van der Waals surface area contributed by atoms with Gasteiger partial charge in [0, 0.05) is 28.4 Å². The molecule has 0 unspecified atom stereocenters. The number of carbonyl (C=O) groups excluding carboxylic acids is 2. The average Bonchev–Trinajstić information content (AvgIpc) is 3.47. The first kappa shape index (κ1) is 26.7. The topological polar surface area (TPSA) is 112 Å². The molecule has 4 N–H and O–H groups in total. The van der Waals surface area contributed by atoms with Crippen molar-refractivity contribution < 1.29 is 14.0 Å². The van der Waals surface area contributed by atoms with Gasteiger partial charge < -0.3 is 20.9 Å². The number of nitrogens with zero attached hydrogens (tertiary/aromatic N) is 2. The zero-order chi connectivity index (χ0) is 28.2. The fourth-order valence-electron chi connectivity index (χ4n) is 4.29. The summed E-state index contributed by atoms with van der Waals surface area (Å²) in [4.78, 5) is 38.3. The van der Waals surface area contributed by atoms with Crippen LogP contribution in [0.2, 0.25) is 0 Å². The average molecular weight is 537 g/mol. The van der Waals surface area contributed by atoms with E-state index in [1.54, 1.807) is 56.7 Å². The highest BCUT2D eigenvalue weighted by Crippen LogP contribution is 2.27. The van der Waals surface area contributed by atoms with Crippen LogP contribution in [0.25, 0.3) is 33.5 Å². The molecule has 40 heavy (non-hydrogen) atoms. The lowest BCUT2D eigenvalue weighted by Crippen LogP contribution is -2.35. The number of imidazole rings is 1. The van der Waals surface area contributed by atoms with Gasteiger partial charge in [0.1, 0.15) is 11.5 Å². The number of benzene rings is 3. The third kappa shape index (κ3) is 5.89. The number of anilines is 1. The van der Waals surface area contributed by atoms with E-state index in [2.05, 4.69) is 30.9 Å². The molecule has 0 bridgehead atoms. The Morgan fingerprint density at radius 1 is 0.900 bits per heavy atom. The van der Waals surface area contributed by atoms with Crippen molar-refractivity contribution in [2.45, 2.75) is 25.9 Å². The molecule has 2 aromatic heterocycles. The van der Waals surface area contributed by atoms with Crippen LogP contribution < -0.4 is 16.0 Å². The van der Waals surface area contributed by atoms with Gasteiger partial charge in [-0.05, 0) is 68.2 Å². The summed E-state index contributed by atoms with van der Waals surface area (Å²) >= 11 is 0. The molecule has 0 saturated carbocycles. The number of halogens is 1. The minimum absolute atomic E-state index is 0.239. The summed E-state index contributed by atoms with van der Waals surface area (Å²) in [7, 11) is 1.70. The van der Waals surface area contributed by atoms with E-state index in [-0.39, 0.29) is 23.7 Å². The van der Waals surface area contributed by atoms with Crippen molar-refractivity contribution in [2.75, 3.05) is 12.4 Å². The molecule has 2 heterocycles. The van der Waals surface area contributed by atoms with Gasteiger partial charge in [-0.1, -0.05) is 36.4 Å². The van der Waals surface area contributed by atoms with Crippen LogP contribution in [-0.4, -0.2) is 39.9 Å². The van der Waals surface area contributed by atoms with Crippen molar-refractivity contribution in [1.29, 1.82) is 0 Å². The highest BCUT2D eigenvalue weighted by molar-refractivity contribution is 6.00. The second-order valence-corrected chi connectivity index (χ2v) is 9.61. The van der Waals surface area contributed by atoms with E-state index in [9.17, 15) is 14.0 Å². The van der Waals surface area contributed by atoms with Crippen LogP contribution in [0.3, 0.4) is 0 Å². The Hall–Kier alpha value is -4.89. The molecule has 0 aliphatic rings.